The third kappa shape index (κ3) is 7.83. The van der Waals surface area contributed by atoms with Gasteiger partial charge in [-0.05, 0) is 67.8 Å². The summed E-state index contributed by atoms with van der Waals surface area (Å²) in [6, 6.07) is 11.9. The molecule has 0 unspecified atom stereocenters. The summed E-state index contributed by atoms with van der Waals surface area (Å²) in [6.45, 7) is 5.60. The molecule has 0 fully saturated rings. The van der Waals surface area contributed by atoms with Crippen LogP contribution in [0.25, 0.3) is 0 Å². The van der Waals surface area contributed by atoms with Crippen LogP contribution in [-0.4, -0.2) is 37.6 Å². The summed E-state index contributed by atoms with van der Waals surface area (Å²) in [5.41, 5.74) is 6.96. The fourth-order valence-corrected chi connectivity index (χ4v) is 2.49. The van der Waals surface area contributed by atoms with Crippen molar-refractivity contribution in [1.29, 1.82) is 0 Å². The molecule has 8 heteroatoms. The molecule has 2 amide bonds. The molecule has 0 aliphatic carbocycles. The Kier molecular flexibility index (Phi) is 8.68. The van der Waals surface area contributed by atoms with E-state index in [2.05, 4.69) is 10.9 Å². The summed E-state index contributed by atoms with van der Waals surface area (Å²) in [4.78, 5) is 35.3. The number of hydrogen-bond donors (Lipinski definition) is 2. The van der Waals surface area contributed by atoms with Gasteiger partial charge in [0.05, 0.1) is 12.2 Å². The molecular formula is C22H26N2O6. The predicted octanol–water partition coefficient (Wildman–Crippen LogP) is 2.48. The van der Waals surface area contributed by atoms with Crippen LogP contribution >= 0.6 is 0 Å². The van der Waals surface area contributed by atoms with E-state index in [0.717, 1.165) is 17.5 Å². The van der Waals surface area contributed by atoms with Crippen LogP contribution in [0, 0.1) is 13.8 Å². The number of carbonyl (C=O) groups excluding carboxylic acids is 3. The molecule has 160 valence electrons. The summed E-state index contributed by atoms with van der Waals surface area (Å²) in [7, 11) is 0. The minimum absolute atomic E-state index is 0.236. The maximum Gasteiger partial charge on any atom is 0.338 e. The number of benzene rings is 2. The molecule has 0 radical (unpaired) electrons. The van der Waals surface area contributed by atoms with Gasteiger partial charge in [0.15, 0.2) is 13.2 Å². The molecule has 0 bridgehead atoms. The monoisotopic (exact) mass is 414 g/mol. The van der Waals surface area contributed by atoms with Crippen LogP contribution in [0.5, 0.6) is 11.5 Å². The summed E-state index contributed by atoms with van der Waals surface area (Å²) in [5.74, 6) is -0.466. The second-order valence-electron chi connectivity index (χ2n) is 6.66. The van der Waals surface area contributed by atoms with Crippen molar-refractivity contribution in [3.8, 4) is 11.5 Å². The maximum absolute atomic E-state index is 11.8. The normalized spacial score (nSPS) is 10.1. The van der Waals surface area contributed by atoms with Crippen LogP contribution in [0.15, 0.2) is 42.5 Å². The number of rotatable bonds is 9. The molecule has 0 saturated carbocycles. The number of nitrogens with one attached hydrogen (secondary N) is 2. The highest BCUT2D eigenvalue weighted by atomic mass is 16.5. The second-order valence-corrected chi connectivity index (χ2v) is 6.66. The Hall–Kier alpha value is -3.55. The van der Waals surface area contributed by atoms with Gasteiger partial charge in [0, 0.05) is 0 Å². The standard InChI is InChI=1S/C22H26N2O6/c1-4-9-28-22(27)17-5-7-18(8-6-17)29-13-20(25)23-24-21(26)14-30-19-11-15(2)10-16(3)12-19/h5-8,10-12H,4,9,13-14H2,1-3H3,(H,23,25)(H,24,26). The topological polar surface area (TPSA) is 103 Å². The smallest absolute Gasteiger partial charge is 0.338 e. The molecule has 0 heterocycles. The Bertz CT molecular complexity index is 859. The molecule has 0 aliphatic rings. The fraction of sp³-hybridized carbons (Fsp3) is 0.318. The van der Waals surface area contributed by atoms with E-state index in [9.17, 15) is 14.4 Å². The molecule has 0 atom stereocenters. The number of esters is 1. The number of aryl methyl sites for hydroxylation is 2. The lowest BCUT2D eigenvalue weighted by atomic mass is 10.1. The highest BCUT2D eigenvalue weighted by molar-refractivity contribution is 5.89. The minimum Gasteiger partial charge on any atom is -0.484 e. The number of amides is 2. The third-order valence-electron chi connectivity index (χ3n) is 3.80. The Morgan fingerprint density at radius 2 is 1.33 bits per heavy atom. The minimum atomic E-state index is -0.541. The zero-order valence-electron chi connectivity index (χ0n) is 17.3. The molecule has 2 N–H and O–H groups in total. The van der Waals surface area contributed by atoms with Crippen LogP contribution in [0.3, 0.4) is 0 Å². The van der Waals surface area contributed by atoms with Crippen molar-refractivity contribution in [1.82, 2.24) is 10.9 Å². The summed E-state index contributed by atoms with van der Waals surface area (Å²) < 4.78 is 15.8. The maximum atomic E-state index is 11.8. The van der Waals surface area contributed by atoms with Gasteiger partial charge >= 0.3 is 5.97 Å². The van der Waals surface area contributed by atoms with Crippen LogP contribution in [0.2, 0.25) is 0 Å². The van der Waals surface area contributed by atoms with Gasteiger partial charge in [-0.15, -0.1) is 0 Å². The molecule has 0 saturated heterocycles. The van der Waals surface area contributed by atoms with E-state index >= 15 is 0 Å². The molecule has 2 aromatic rings. The van der Waals surface area contributed by atoms with Gasteiger partial charge in [-0.1, -0.05) is 13.0 Å². The number of hydrogen-bond acceptors (Lipinski definition) is 6. The first-order valence-corrected chi connectivity index (χ1v) is 9.56. The van der Waals surface area contributed by atoms with Crippen LogP contribution in [0.1, 0.15) is 34.8 Å². The third-order valence-corrected chi connectivity index (χ3v) is 3.80. The molecule has 0 aromatic heterocycles. The predicted molar refractivity (Wildman–Crippen MR) is 110 cm³/mol. The SMILES string of the molecule is CCCOC(=O)c1ccc(OCC(=O)NNC(=O)COc2cc(C)cc(C)c2)cc1. The lowest BCUT2D eigenvalue weighted by Gasteiger charge is -2.11. The molecule has 2 rings (SSSR count). The van der Waals surface area contributed by atoms with E-state index in [-0.39, 0.29) is 13.2 Å². The largest absolute Gasteiger partial charge is 0.484 e. The number of hydrazine groups is 1. The zero-order chi connectivity index (χ0) is 21.9. The van der Waals surface area contributed by atoms with Gasteiger partial charge in [-0.2, -0.15) is 0 Å². The van der Waals surface area contributed by atoms with Crippen molar-refractivity contribution in [3.05, 3.63) is 59.2 Å². The van der Waals surface area contributed by atoms with E-state index in [4.69, 9.17) is 14.2 Å². The van der Waals surface area contributed by atoms with Gasteiger partial charge in [0.2, 0.25) is 0 Å². The summed E-state index contributed by atoms with van der Waals surface area (Å²) in [6.07, 6.45) is 0.746. The van der Waals surface area contributed by atoms with E-state index in [1.54, 1.807) is 24.3 Å². The van der Waals surface area contributed by atoms with Crippen LogP contribution < -0.4 is 20.3 Å². The van der Waals surface area contributed by atoms with Crippen molar-refractivity contribution >= 4 is 17.8 Å². The average molecular weight is 414 g/mol. The van der Waals surface area contributed by atoms with Crippen LogP contribution in [-0.2, 0) is 14.3 Å². The lowest BCUT2D eigenvalue weighted by molar-refractivity contribution is -0.131. The first-order valence-electron chi connectivity index (χ1n) is 9.56. The molecule has 30 heavy (non-hydrogen) atoms. The van der Waals surface area contributed by atoms with Crippen molar-refractivity contribution in [2.24, 2.45) is 0 Å². The van der Waals surface area contributed by atoms with E-state index in [1.807, 2.05) is 39.0 Å². The van der Waals surface area contributed by atoms with Crippen LogP contribution in [0.4, 0.5) is 0 Å². The van der Waals surface area contributed by atoms with E-state index in [1.165, 1.54) is 0 Å². The Balaban J connectivity index is 1.69. The average Bonchev–Trinajstić information content (AvgIpc) is 2.72. The Morgan fingerprint density at radius 3 is 1.87 bits per heavy atom. The number of ether oxygens (including phenoxy) is 3. The van der Waals surface area contributed by atoms with Crippen molar-refractivity contribution in [2.75, 3.05) is 19.8 Å². The van der Waals surface area contributed by atoms with Crippen molar-refractivity contribution in [3.63, 3.8) is 0 Å². The first-order chi connectivity index (χ1) is 14.4. The fourth-order valence-electron chi connectivity index (χ4n) is 2.49. The Morgan fingerprint density at radius 1 is 0.800 bits per heavy atom. The van der Waals surface area contributed by atoms with Gasteiger partial charge in [0.1, 0.15) is 11.5 Å². The van der Waals surface area contributed by atoms with Gasteiger partial charge in [0.25, 0.3) is 11.8 Å². The quantitative estimate of drug-likeness (QED) is 0.483. The molecule has 8 nitrogen and oxygen atoms in total. The number of carbonyl (C=O) groups is 3. The molecule has 0 spiro atoms. The summed E-state index contributed by atoms with van der Waals surface area (Å²) in [5, 5.41) is 0. The van der Waals surface area contributed by atoms with E-state index in [0.29, 0.717) is 23.7 Å². The highest BCUT2D eigenvalue weighted by Crippen LogP contribution is 2.16. The molecule has 0 aliphatic heterocycles. The molecular weight excluding hydrogens is 388 g/mol. The molecule has 2 aromatic carbocycles. The van der Waals surface area contributed by atoms with Gasteiger partial charge in [-0.25, -0.2) is 4.79 Å². The van der Waals surface area contributed by atoms with Crippen molar-refractivity contribution < 1.29 is 28.6 Å². The van der Waals surface area contributed by atoms with Gasteiger partial charge in [-0.3, -0.25) is 20.4 Å². The Labute approximate surface area is 175 Å². The highest BCUT2D eigenvalue weighted by Gasteiger charge is 2.09. The second kappa shape index (κ2) is 11.5. The zero-order valence-corrected chi connectivity index (χ0v) is 17.3. The summed E-state index contributed by atoms with van der Waals surface area (Å²) >= 11 is 0. The van der Waals surface area contributed by atoms with Crippen molar-refractivity contribution in [2.45, 2.75) is 27.2 Å². The lowest BCUT2D eigenvalue weighted by Crippen LogP contribution is -2.45. The first kappa shape index (κ1) is 22.7. The van der Waals surface area contributed by atoms with E-state index < -0.39 is 17.8 Å². The van der Waals surface area contributed by atoms with Gasteiger partial charge < -0.3 is 14.2 Å².